The molecule has 8 aromatic rings. The number of rotatable bonds is 44. The van der Waals surface area contributed by atoms with Crippen LogP contribution in [0.25, 0.3) is 0 Å². The van der Waals surface area contributed by atoms with Crippen molar-refractivity contribution in [1.29, 1.82) is 0 Å². The molecule has 1 heterocycles. The van der Waals surface area contributed by atoms with Crippen LogP contribution in [0.4, 0.5) is 0 Å². The molecule has 0 saturated carbocycles. The van der Waals surface area contributed by atoms with Crippen molar-refractivity contribution in [1.82, 2.24) is 0 Å². The van der Waals surface area contributed by atoms with Gasteiger partial charge in [0.25, 0.3) is 0 Å². The summed E-state index contributed by atoms with van der Waals surface area (Å²) in [5, 5.41) is 0. The lowest BCUT2D eigenvalue weighted by Gasteiger charge is -2.18. The smallest absolute Gasteiger partial charge is 0.194 e. The zero-order valence-electron chi connectivity index (χ0n) is 60.9. The van der Waals surface area contributed by atoms with Crippen LogP contribution < -0.4 is 0 Å². The predicted octanol–water partition coefficient (Wildman–Crippen LogP) is 28.3. The van der Waals surface area contributed by atoms with E-state index in [4.69, 9.17) is 0 Å². The summed E-state index contributed by atoms with van der Waals surface area (Å²) in [5.74, 6) is -0.529. The van der Waals surface area contributed by atoms with Crippen molar-refractivity contribution in [2.75, 3.05) is 0 Å². The van der Waals surface area contributed by atoms with Crippen LogP contribution >= 0.6 is 47.0 Å². The van der Waals surface area contributed by atoms with Crippen molar-refractivity contribution in [2.24, 2.45) is 0 Å². The van der Waals surface area contributed by atoms with Crippen molar-refractivity contribution in [3.63, 3.8) is 0 Å². The van der Waals surface area contributed by atoms with Gasteiger partial charge in [-0.25, -0.2) is 0 Å². The Bertz CT molecular complexity index is 3330. The van der Waals surface area contributed by atoms with Gasteiger partial charge in [-0.15, -0.1) is 0 Å². The maximum Gasteiger partial charge on any atom is 0.194 e. The summed E-state index contributed by atoms with van der Waals surface area (Å²) in [7, 11) is 0. The Labute approximate surface area is 619 Å². The quantitative estimate of drug-likeness (QED) is 0.0276. The SMILES string of the molecule is CCCCCCCCCCc1ccc(C(=O)c2cc(C(=O)c3ccc(CCCCCCCCCC)cc3)c3cc2Sc2cccc(c2)Sc2cc(c(C(=O)c4ccc(CCCCCCCCCC)cc4)cc2C(=O)c2ccc(CCCCCCCCCC)cc2)Sc2cccc(c2)S3)cc1. The second-order valence-corrected chi connectivity index (χ2v) is 32.5. The Kier molecular flexibility index (Phi) is 34.1. The van der Waals surface area contributed by atoms with Crippen molar-refractivity contribution in [3.05, 3.63) is 237 Å². The standard InChI is InChI=1S/C92H112O4S4/c1-5-9-13-17-21-25-29-33-39-69-47-55-73(56-48-69)89(93)81-65-82(90(94)74-57-49-70(50-58-74)40-34-30-26-22-18-14-10-6-2)86-67-85(81)97-77-43-37-44-78(63-77)99-87-68-88(100-80-46-38-45-79(64-80)98-86)84(92(96)76-61-53-72(54-62-76)42-36-32-28-24-20-16-12-8-4)66-83(87)91(95)75-59-51-71(52-60-75)41-35-31-27-23-19-15-11-7-3/h37-38,43-68H,5-36,39-42H2,1-4H3. The zero-order chi connectivity index (χ0) is 69.9. The Balaban J connectivity index is 1.06. The van der Waals surface area contributed by atoms with E-state index in [1.807, 2.05) is 72.8 Å². The minimum absolute atomic E-state index is 0.132. The van der Waals surface area contributed by atoms with E-state index in [-0.39, 0.29) is 23.1 Å². The Morgan fingerprint density at radius 2 is 0.410 bits per heavy atom. The zero-order valence-corrected chi connectivity index (χ0v) is 64.2. The van der Waals surface area contributed by atoms with Crippen molar-refractivity contribution >= 4 is 70.2 Å². The van der Waals surface area contributed by atoms with Crippen molar-refractivity contribution in [3.8, 4) is 0 Å². The molecular weight excluding hydrogens is 1300 g/mol. The minimum atomic E-state index is -0.132. The number of carbonyl (C=O) groups is 4. The predicted molar refractivity (Wildman–Crippen MR) is 427 cm³/mol. The first-order valence-corrected chi connectivity index (χ1v) is 42.2. The third kappa shape index (κ3) is 25.1. The van der Waals surface area contributed by atoms with Gasteiger partial charge in [-0.1, -0.05) is 364 Å². The normalized spacial score (nSPS) is 12.0. The van der Waals surface area contributed by atoms with Crippen LogP contribution in [0.2, 0.25) is 0 Å². The van der Waals surface area contributed by atoms with Crippen LogP contribution in [0, 0.1) is 0 Å². The third-order valence-corrected chi connectivity index (χ3v) is 24.0. The second kappa shape index (κ2) is 43.7. The van der Waals surface area contributed by atoms with E-state index in [0.717, 1.165) is 90.5 Å². The van der Waals surface area contributed by atoms with E-state index in [2.05, 4.69) is 125 Å². The van der Waals surface area contributed by atoms with Gasteiger partial charge in [0.15, 0.2) is 23.1 Å². The topological polar surface area (TPSA) is 68.3 Å². The van der Waals surface area contributed by atoms with Crippen LogP contribution in [0.3, 0.4) is 0 Å². The van der Waals surface area contributed by atoms with Gasteiger partial charge in [-0.05, 0) is 134 Å². The van der Waals surface area contributed by atoms with Crippen LogP contribution in [-0.4, -0.2) is 23.1 Å². The molecule has 8 heteroatoms. The highest BCUT2D eigenvalue weighted by Crippen LogP contribution is 2.45. The van der Waals surface area contributed by atoms with Crippen molar-refractivity contribution < 1.29 is 19.2 Å². The van der Waals surface area contributed by atoms with E-state index in [9.17, 15) is 0 Å². The van der Waals surface area contributed by atoms with E-state index >= 15 is 19.2 Å². The molecule has 0 unspecified atom stereocenters. The Hall–Kier alpha value is -6.16. The molecule has 1 aliphatic heterocycles. The van der Waals surface area contributed by atoms with E-state index in [1.54, 1.807) is 0 Å². The maximum absolute atomic E-state index is 15.4. The average Bonchev–Trinajstić information content (AvgIpc) is 0.777. The Morgan fingerprint density at radius 1 is 0.220 bits per heavy atom. The van der Waals surface area contributed by atoms with Crippen LogP contribution in [0.5, 0.6) is 0 Å². The molecule has 0 atom stereocenters. The number of fused-ring (bicyclic) bond motifs is 8. The number of benzene rings is 8. The van der Waals surface area contributed by atoms with Gasteiger partial charge in [0.2, 0.25) is 0 Å². The van der Waals surface area contributed by atoms with Gasteiger partial charge >= 0.3 is 0 Å². The summed E-state index contributed by atoms with van der Waals surface area (Å²) >= 11 is 6.08. The summed E-state index contributed by atoms with van der Waals surface area (Å²) in [6.45, 7) is 9.06. The first kappa shape index (κ1) is 78.0. The molecule has 0 spiro atoms. The largest absolute Gasteiger partial charge is 0.289 e. The average molecular weight is 1410 g/mol. The molecule has 100 heavy (non-hydrogen) atoms. The number of ketones is 4. The first-order chi connectivity index (χ1) is 49.1. The van der Waals surface area contributed by atoms with Gasteiger partial charge in [-0.3, -0.25) is 19.2 Å². The van der Waals surface area contributed by atoms with Gasteiger partial charge in [0, 0.05) is 83.7 Å². The number of carbonyl (C=O) groups excluding carboxylic acids is 4. The Morgan fingerprint density at radius 3 is 0.610 bits per heavy atom. The van der Waals surface area contributed by atoms with E-state index in [0.29, 0.717) is 44.5 Å². The van der Waals surface area contributed by atoms with Crippen LogP contribution in [0.1, 0.15) is 319 Å². The van der Waals surface area contributed by atoms with Crippen LogP contribution in [0.15, 0.2) is 209 Å². The minimum Gasteiger partial charge on any atom is -0.289 e. The molecule has 9 rings (SSSR count). The first-order valence-electron chi connectivity index (χ1n) is 38.9. The molecule has 528 valence electrons. The molecule has 8 bridgehead atoms. The molecule has 0 aromatic heterocycles. The molecular formula is C92H112O4S4. The van der Waals surface area contributed by atoms with Gasteiger partial charge in [0.05, 0.1) is 0 Å². The van der Waals surface area contributed by atoms with Gasteiger partial charge in [-0.2, -0.15) is 0 Å². The molecule has 0 radical (unpaired) electrons. The summed E-state index contributed by atoms with van der Waals surface area (Å²) in [6, 6.07) is 57.1. The molecule has 0 N–H and O–H groups in total. The monoisotopic (exact) mass is 1410 g/mol. The molecule has 1 aliphatic rings. The highest BCUT2D eigenvalue weighted by atomic mass is 32.2. The molecule has 0 saturated heterocycles. The number of hydrogen-bond donors (Lipinski definition) is 0. The summed E-state index contributed by atoms with van der Waals surface area (Å²) < 4.78 is 0. The maximum atomic E-state index is 15.4. The third-order valence-electron chi connectivity index (χ3n) is 19.8. The van der Waals surface area contributed by atoms with E-state index < -0.39 is 0 Å². The lowest BCUT2D eigenvalue weighted by atomic mass is 9.95. The fraction of sp³-hybridized carbons (Fsp3) is 0.435. The number of unbranched alkanes of at least 4 members (excludes halogenated alkanes) is 28. The van der Waals surface area contributed by atoms with Crippen LogP contribution in [-0.2, 0) is 25.7 Å². The van der Waals surface area contributed by atoms with Gasteiger partial charge < -0.3 is 0 Å². The summed E-state index contributed by atoms with van der Waals surface area (Å²) in [5.41, 5.74) is 9.14. The summed E-state index contributed by atoms with van der Waals surface area (Å²) in [4.78, 5) is 68.2. The molecule has 0 fully saturated rings. The fourth-order valence-electron chi connectivity index (χ4n) is 13.6. The highest BCUT2D eigenvalue weighted by molar-refractivity contribution is 8.01. The number of aryl methyl sites for hydroxylation is 4. The van der Waals surface area contributed by atoms with Gasteiger partial charge in [0.1, 0.15) is 0 Å². The summed E-state index contributed by atoms with van der Waals surface area (Å²) in [6.07, 6.45) is 44.3. The molecule has 8 aromatic carbocycles. The highest BCUT2D eigenvalue weighted by Gasteiger charge is 2.27. The lowest BCUT2D eigenvalue weighted by molar-refractivity contribution is 0.102. The fourth-order valence-corrected chi connectivity index (χ4v) is 18.0. The van der Waals surface area contributed by atoms with Crippen molar-refractivity contribution in [2.45, 2.75) is 298 Å². The second-order valence-electron chi connectivity index (χ2n) is 28.1. The molecule has 0 aliphatic carbocycles. The van der Waals surface area contributed by atoms with E-state index in [1.165, 1.54) is 249 Å². The molecule has 0 amide bonds. The molecule has 4 nitrogen and oxygen atoms in total. The lowest BCUT2D eigenvalue weighted by Crippen LogP contribution is -2.10. The number of hydrogen-bond acceptors (Lipinski definition) is 8.